The highest BCUT2D eigenvalue weighted by Crippen LogP contribution is 2.59. The lowest BCUT2D eigenvalue weighted by Gasteiger charge is -2.46. The van der Waals surface area contributed by atoms with Crippen molar-refractivity contribution in [1.29, 1.82) is 0 Å². The average molecular weight is 212 g/mol. The van der Waals surface area contributed by atoms with Crippen molar-refractivity contribution in [1.82, 2.24) is 0 Å². The first-order valence-electron chi connectivity index (χ1n) is 5.76. The van der Waals surface area contributed by atoms with Crippen molar-refractivity contribution >= 4 is 0 Å². The van der Waals surface area contributed by atoms with E-state index in [0.717, 1.165) is 12.8 Å². The molecule has 0 radical (unpaired) electrons. The Balaban J connectivity index is 2.47. The number of aliphatic hydroxyl groups excluding tert-OH is 2. The predicted molar refractivity (Wildman–Crippen MR) is 57.4 cm³/mol. The highest BCUT2D eigenvalue weighted by atomic mass is 16.5. The highest BCUT2D eigenvalue weighted by molar-refractivity contribution is 5.25. The first-order valence-corrected chi connectivity index (χ1v) is 5.76. The lowest BCUT2D eigenvalue weighted by atomic mass is 9.56. The van der Waals surface area contributed by atoms with Crippen LogP contribution in [0.3, 0.4) is 0 Å². The van der Waals surface area contributed by atoms with Crippen molar-refractivity contribution in [2.75, 3.05) is 13.2 Å². The van der Waals surface area contributed by atoms with Gasteiger partial charge in [-0.15, -0.1) is 0 Å². The van der Waals surface area contributed by atoms with Gasteiger partial charge in [0, 0.05) is 10.8 Å². The molecule has 0 spiro atoms. The first-order chi connectivity index (χ1) is 7.20. The molecule has 2 N–H and O–H groups in total. The third kappa shape index (κ3) is 1.06. The van der Waals surface area contributed by atoms with Gasteiger partial charge < -0.3 is 14.9 Å². The van der Waals surface area contributed by atoms with Crippen LogP contribution in [0, 0.1) is 10.8 Å². The smallest absolute Gasteiger partial charge is 0.0850 e. The molecule has 2 bridgehead atoms. The SMILES string of the molecule is CCC1(CO)C2C=CC(O2)C1(CC)CO. The molecule has 3 nitrogen and oxygen atoms in total. The second-order valence-corrected chi connectivity index (χ2v) is 4.70. The molecule has 0 aliphatic carbocycles. The van der Waals surface area contributed by atoms with E-state index in [2.05, 4.69) is 13.8 Å². The van der Waals surface area contributed by atoms with Gasteiger partial charge in [-0.3, -0.25) is 0 Å². The highest BCUT2D eigenvalue weighted by Gasteiger charge is 2.64. The Kier molecular flexibility index (Phi) is 2.65. The zero-order valence-electron chi connectivity index (χ0n) is 9.44. The molecule has 0 amide bonds. The largest absolute Gasteiger partial charge is 0.396 e. The summed E-state index contributed by atoms with van der Waals surface area (Å²) >= 11 is 0. The lowest BCUT2D eigenvalue weighted by Crippen LogP contribution is -2.52. The average Bonchev–Trinajstić information content (AvgIpc) is 2.85. The number of ether oxygens (including phenoxy) is 1. The standard InChI is InChI=1S/C12H20O3/c1-3-11(7-13)9-5-6-10(15-9)12(11,4-2)8-14/h5-6,9-10,13-14H,3-4,7-8H2,1-2H3. The van der Waals surface area contributed by atoms with E-state index in [0.29, 0.717) is 0 Å². The third-order valence-electron chi connectivity index (χ3n) is 4.66. The molecular weight excluding hydrogens is 192 g/mol. The van der Waals surface area contributed by atoms with Crippen molar-refractivity contribution in [2.45, 2.75) is 38.9 Å². The Bertz CT molecular complexity index is 238. The Labute approximate surface area is 90.8 Å². The van der Waals surface area contributed by atoms with Crippen LogP contribution in [0.25, 0.3) is 0 Å². The zero-order chi connectivity index (χ0) is 11.1. The second kappa shape index (κ2) is 3.58. The van der Waals surface area contributed by atoms with E-state index in [-0.39, 0.29) is 36.3 Å². The van der Waals surface area contributed by atoms with Crippen LogP contribution in [0.4, 0.5) is 0 Å². The molecule has 0 saturated carbocycles. The Morgan fingerprint density at radius 3 is 1.67 bits per heavy atom. The van der Waals surface area contributed by atoms with Gasteiger partial charge in [0.25, 0.3) is 0 Å². The monoisotopic (exact) mass is 212 g/mol. The first kappa shape index (κ1) is 11.1. The van der Waals surface area contributed by atoms with Crippen LogP contribution in [-0.2, 0) is 4.74 Å². The molecule has 1 saturated heterocycles. The summed E-state index contributed by atoms with van der Waals surface area (Å²) in [5, 5.41) is 19.4. The maximum Gasteiger partial charge on any atom is 0.0850 e. The molecule has 15 heavy (non-hydrogen) atoms. The summed E-state index contributed by atoms with van der Waals surface area (Å²) in [7, 11) is 0. The second-order valence-electron chi connectivity index (χ2n) is 4.70. The van der Waals surface area contributed by atoms with Gasteiger partial charge in [0.1, 0.15) is 0 Å². The summed E-state index contributed by atoms with van der Waals surface area (Å²) < 4.78 is 5.84. The normalized spacial score (nSPS) is 47.7. The summed E-state index contributed by atoms with van der Waals surface area (Å²) in [4.78, 5) is 0. The zero-order valence-corrected chi connectivity index (χ0v) is 9.44. The van der Waals surface area contributed by atoms with Crippen LogP contribution < -0.4 is 0 Å². The van der Waals surface area contributed by atoms with E-state index in [4.69, 9.17) is 4.74 Å². The molecule has 0 aromatic rings. The van der Waals surface area contributed by atoms with Crippen molar-refractivity contribution in [3.8, 4) is 0 Å². The summed E-state index contributed by atoms with van der Waals surface area (Å²) in [6, 6.07) is 0. The summed E-state index contributed by atoms with van der Waals surface area (Å²) in [6.07, 6.45) is 5.70. The minimum atomic E-state index is -0.296. The number of aliphatic hydroxyl groups is 2. The van der Waals surface area contributed by atoms with E-state index in [1.807, 2.05) is 12.2 Å². The minimum Gasteiger partial charge on any atom is -0.396 e. The predicted octanol–water partition coefficient (Wildman–Crippen LogP) is 1.10. The van der Waals surface area contributed by atoms with Gasteiger partial charge in [0.2, 0.25) is 0 Å². The fraction of sp³-hybridized carbons (Fsp3) is 0.833. The van der Waals surface area contributed by atoms with Crippen molar-refractivity contribution in [2.24, 2.45) is 10.8 Å². The molecule has 0 aromatic heterocycles. The molecule has 4 unspecified atom stereocenters. The molecule has 86 valence electrons. The third-order valence-corrected chi connectivity index (χ3v) is 4.66. The fourth-order valence-corrected chi connectivity index (χ4v) is 3.47. The van der Waals surface area contributed by atoms with Crippen LogP contribution in [0.15, 0.2) is 12.2 Å². The molecular formula is C12H20O3. The topological polar surface area (TPSA) is 49.7 Å². The van der Waals surface area contributed by atoms with Crippen molar-refractivity contribution in [3.05, 3.63) is 12.2 Å². The Morgan fingerprint density at radius 1 is 1.00 bits per heavy atom. The van der Waals surface area contributed by atoms with E-state index < -0.39 is 0 Å². The molecule has 0 aromatic carbocycles. The van der Waals surface area contributed by atoms with Crippen LogP contribution in [0.2, 0.25) is 0 Å². The fourth-order valence-electron chi connectivity index (χ4n) is 3.47. The van der Waals surface area contributed by atoms with E-state index in [9.17, 15) is 10.2 Å². The molecule has 1 fully saturated rings. The summed E-state index contributed by atoms with van der Waals surface area (Å²) in [5.41, 5.74) is -0.591. The van der Waals surface area contributed by atoms with Gasteiger partial charge in [-0.25, -0.2) is 0 Å². The van der Waals surface area contributed by atoms with Crippen LogP contribution in [-0.4, -0.2) is 35.6 Å². The van der Waals surface area contributed by atoms with E-state index in [1.165, 1.54) is 0 Å². The van der Waals surface area contributed by atoms with E-state index in [1.54, 1.807) is 0 Å². The van der Waals surface area contributed by atoms with E-state index >= 15 is 0 Å². The number of hydrogen-bond acceptors (Lipinski definition) is 3. The van der Waals surface area contributed by atoms with Gasteiger partial charge in [-0.2, -0.15) is 0 Å². The summed E-state index contributed by atoms with van der Waals surface area (Å²) in [6.45, 7) is 4.30. The molecule has 4 atom stereocenters. The van der Waals surface area contributed by atoms with Gasteiger partial charge in [-0.05, 0) is 12.8 Å². The number of hydrogen-bond donors (Lipinski definition) is 2. The van der Waals surface area contributed by atoms with Gasteiger partial charge in [-0.1, -0.05) is 26.0 Å². The Hall–Kier alpha value is -0.380. The molecule has 2 rings (SSSR count). The van der Waals surface area contributed by atoms with Crippen LogP contribution in [0.1, 0.15) is 26.7 Å². The summed E-state index contributed by atoms with van der Waals surface area (Å²) in [5.74, 6) is 0. The number of fused-ring (bicyclic) bond motifs is 2. The maximum atomic E-state index is 9.71. The Morgan fingerprint density at radius 2 is 1.40 bits per heavy atom. The van der Waals surface area contributed by atoms with Gasteiger partial charge >= 0.3 is 0 Å². The van der Waals surface area contributed by atoms with Crippen molar-refractivity contribution in [3.63, 3.8) is 0 Å². The molecule has 2 aliphatic rings. The van der Waals surface area contributed by atoms with Gasteiger partial charge in [0.15, 0.2) is 0 Å². The lowest BCUT2D eigenvalue weighted by molar-refractivity contribution is -0.0461. The number of rotatable bonds is 4. The van der Waals surface area contributed by atoms with Crippen LogP contribution in [0.5, 0.6) is 0 Å². The minimum absolute atomic E-state index is 0.0235. The molecule has 3 heteroatoms. The van der Waals surface area contributed by atoms with Gasteiger partial charge in [0.05, 0.1) is 25.4 Å². The molecule has 2 heterocycles. The van der Waals surface area contributed by atoms with Crippen LogP contribution >= 0.6 is 0 Å². The van der Waals surface area contributed by atoms with Crippen molar-refractivity contribution < 1.29 is 14.9 Å². The maximum absolute atomic E-state index is 9.71. The molecule has 2 aliphatic heterocycles. The quantitative estimate of drug-likeness (QED) is 0.686.